The van der Waals surface area contributed by atoms with Crippen molar-refractivity contribution in [2.75, 3.05) is 13.1 Å². The first-order valence-corrected chi connectivity index (χ1v) is 13.3. The molecule has 176 valence electrons. The molecular formula is C26H56N2O. The molecule has 0 fully saturated rings. The fourth-order valence-electron chi connectivity index (χ4n) is 3.95. The van der Waals surface area contributed by atoms with Crippen LogP contribution in [0.2, 0.25) is 0 Å². The van der Waals surface area contributed by atoms with Crippen molar-refractivity contribution in [3.63, 3.8) is 0 Å². The van der Waals surface area contributed by atoms with Gasteiger partial charge < -0.3 is 5.11 Å². The van der Waals surface area contributed by atoms with E-state index < -0.39 is 5.85 Å². The van der Waals surface area contributed by atoms with Crippen LogP contribution < -0.4 is 10.6 Å². The summed E-state index contributed by atoms with van der Waals surface area (Å²) in [6.45, 7) is 8.20. The van der Waals surface area contributed by atoms with Crippen LogP contribution in [0.3, 0.4) is 0 Å². The minimum atomic E-state index is -0.918. The number of rotatable bonds is 24. The van der Waals surface area contributed by atoms with Crippen LogP contribution in [0.1, 0.15) is 149 Å². The molecule has 0 aromatic heterocycles. The Morgan fingerprint density at radius 2 is 0.690 bits per heavy atom. The molecule has 0 rings (SSSR count). The summed E-state index contributed by atoms with van der Waals surface area (Å²) in [5, 5.41) is 16.9. The van der Waals surface area contributed by atoms with E-state index >= 15 is 0 Å². The minimum absolute atomic E-state index is 0.897. The maximum atomic E-state index is 10.4. The van der Waals surface area contributed by atoms with Gasteiger partial charge >= 0.3 is 0 Å². The second-order valence-electron chi connectivity index (χ2n) is 9.29. The smallest absolute Gasteiger partial charge is 0.168 e. The van der Waals surface area contributed by atoms with E-state index in [1.54, 1.807) is 0 Å². The predicted molar refractivity (Wildman–Crippen MR) is 130 cm³/mol. The molecule has 0 heterocycles. The Morgan fingerprint density at radius 1 is 0.448 bits per heavy atom. The molecule has 0 radical (unpaired) electrons. The summed E-state index contributed by atoms with van der Waals surface area (Å²) in [6.07, 6.45) is 27.1. The lowest BCUT2D eigenvalue weighted by molar-refractivity contribution is -0.00989. The Hall–Kier alpha value is -0.120. The van der Waals surface area contributed by atoms with Crippen molar-refractivity contribution < 1.29 is 5.11 Å². The molecule has 0 unspecified atom stereocenters. The average molecular weight is 413 g/mol. The zero-order valence-corrected chi connectivity index (χ0v) is 20.5. The molecule has 0 saturated carbocycles. The van der Waals surface area contributed by atoms with Gasteiger partial charge in [-0.25, -0.2) is 0 Å². The third-order valence-electron chi connectivity index (χ3n) is 6.00. The SMILES string of the molecule is CCCCCCCCCCCCNC(C)(O)NCCCCCCCCCCCC. The summed E-state index contributed by atoms with van der Waals surface area (Å²) in [7, 11) is 0. The molecule has 3 nitrogen and oxygen atoms in total. The summed E-state index contributed by atoms with van der Waals surface area (Å²) in [5.74, 6) is -0.918. The lowest BCUT2D eigenvalue weighted by Crippen LogP contribution is -2.55. The summed E-state index contributed by atoms with van der Waals surface area (Å²) >= 11 is 0. The first-order chi connectivity index (χ1) is 14.1. The van der Waals surface area contributed by atoms with E-state index in [4.69, 9.17) is 0 Å². The van der Waals surface area contributed by atoms with Crippen molar-refractivity contribution in [2.24, 2.45) is 0 Å². The highest BCUT2D eigenvalue weighted by molar-refractivity contribution is 4.67. The fraction of sp³-hybridized carbons (Fsp3) is 1.00. The lowest BCUT2D eigenvalue weighted by Gasteiger charge is -2.26. The maximum absolute atomic E-state index is 10.4. The van der Waals surface area contributed by atoms with Crippen molar-refractivity contribution in [3.8, 4) is 0 Å². The number of hydrogen-bond acceptors (Lipinski definition) is 3. The number of nitrogens with one attached hydrogen (secondary N) is 2. The van der Waals surface area contributed by atoms with Gasteiger partial charge in [0, 0.05) is 0 Å². The van der Waals surface area contributed by atoms with Crippen LogP contribution in [0.5, 0.6) is 0 Å². The molecule has 0 saturated heterocycles. The van der Waals surface area contributed by atoms with Crippen LogP contribution in [-0.4, -0.2) is 24.0 Å². The van der Waals surface area contributed by atoms with Gasteiger partial charge in [-0.05, 0) is 32.9 Å². The van der Waals surface area contributed by atoms with Gasteiger partial charge in [-0.2, -0.15) is 0 Å². The summed E-state index contributed by atoms with van der Waals surface area (Å²) < 4.78 is 0. The Kier molecular flexibility index (Phi) is 22.5. The Labute approximate surface area is 184 Å². The Morgan fingerprint density at radius 3 is 0.966 bits per heavy atom. The highest BCUT2D eigenvalue weighted by atomic mass is 16.3. The second kappa shape index (κ2) is 22.6. The molecule has 0 bridgehead atoms. The highest BCUT2D eigenvalue weighted by Gasteiger charge is 2.16. The molecule has 0 aromatic rings. The minimum Gasteiger partial charge on any atom is -0.363 e. The molecule has 0 aliphatic heterocycles. The van der Waals surface area contributed by atoms with Gasteiger partial charge in [-0.15, -0.1) is 0 Å². The molecule has 0 atom stereocenters. The zero-order valence-electron chi connectivity index (χ0n) is 20.5. The van der Waals surface area contributed by atoms with Crippen molar-refractivity contribution in [1.82, 2.24) is 10.6 Å². The van der Waals surface area contributed by atoms with Gasteiger partial charge in [0.05, 0.1) is 0 Å². The van der Waals surface area contributed by atoms with Gasteiger partial charge in [0.25, 0.3) is 0 Å². The van der Waals surface area contributed by atoms with E-state index in [9.17, 15) is 5.11 Å². The molecular weight excluding hydrogens is 356 g/mol. The normalized spacial score (nSPS) is 12.0. The topological polar surface area (TPSA) is 44.3 Å². The number of unbranched alkanes of at least 4 members (excludes halogenated alkanes) is 18. The van der Waals surface area contributed by atoms with E-state index in [1.807, 2.05) is 6.92 Å². The van der Waals surface area contributed by atoms with Crippen molar-refractivity contribution in [1.29, 1.82) is 0 Å². The quantitative estimate of drug-likeness (QED) is 0.112. The first kappa shape index (κ1) is 28.9. The summed E-state index contributed by atoms with van der Waals surface area (Å²) in [6, 6.07) is 0. The van der Waals surface area contributed by atoms with Crippen LogP contribution in [-0.2, 0) is 0 Å². The van der Waals surface area contributed by atoms with E-state index in [-0.39, 0.29) is 0 Å². The van der Waals surface area contributed by atoms with Crippen LogP contribution >= 0.6 is 0 Å². The van der Waals surface area contributed by atoms with E-state index in [0.717, 1.165) is 25.9 Å². The fourth-order valence-corrected chi connectivity index (χ4v) is 3.95. The Balaban J connectivity index is 3.30. The van der Waals surface area contributed by atoms with E-state index in [1.165, 1.54) is 116 Å². The van der Waals surface area contributed by atoms with Crippen molar-refractivity contribution >= 4 is 0 Å². The van der Waals surface area contributed by atoms with Crippen LogP contribution in [0.25, 0.3) is 0 Å². The average Bonchev–Trinajstić information content (AvgIpc) is 2.70. The molecule has 0 aliphatic carbocycles. The Bertz CT molecular complexity index is 279. The van der Waals surface area contributed by atoms with E-state index in [2.05, 4.69) is 24.5 Å². The van der Waals surface area contributed by atoms with Gasteiger partial charge in [-0.1, -0.05) is 129 Å². The third kappa shape index (κ3) is 24.0. The predicted octanol–water partition coefficient (Wildman–Crippen LogP) is 7.67. The van der Waals surface area contributed by atoms with Crippen molar-refractivity contribution in [3.05, 3.63) is 0 Å². The molecule has 0 amide bonds. The van der Waals surface area contributed by atoms with Crippen LogP contribution in [0, 0.1) is 0 Å². The summed E-state index contributed by atoms with van der Waals surface area (Å²) in [4.78, 5) is 0. The summed E-state index contributed by atoms with van der Waals surface area (Å²) in [5.41, 5.74) is 0. The molecule has 0 aliphatic rings. The van der Waals surface area contributed by atoms with Crippen LogP contribution in [0.15, 0.2) is 0 Å². The lowest BCUT2D eigenvalue weighted by atomic mass is 10.1. The molecule has 3 N–H and O–H groups in total. The molecule has 29 heavy (non-hydrogen) atoms. The van der Waals surface area contributed by atoms with Gasteiger partial charge in [0.15, 0.2) is 5.85 Å². The van der Waals surface area contributed by atoms with Crippen molar-refractivity contribution in [2.45, 2.75) is 155 Å². The van der Waals surface area contributed by atoms with Gasteiger partial charge in [0.1, 0.15) is 0 Å². The zero-order chi connectivity index (χ0) is 21.5. The maximum Gasteiger partial charge on any atom is 0.168 e. The van der Waals surface area contributed by atoms with Crippen LogP contribution in [0.4, 0.5) is 0 Å². The highest BCUT2D eigenvalue weighted by Crippen LogP contribution is 2.11. The number of aliphatic hydroxyl groups is 1. The first-order valence-electron chi connectivity index (χ1n) is 13.3. The standard InChI is InChI=1S/C26H56N2O/c1-4-6-8-10-12-14-16-18-20-22-24-27-26(3,29)28-25-23-21-19-17-15-13-11-9-7-5-2/h27-29H,4-25H2,1-3H3. The third-order valence-corrected chi connectivity index (χ3v) is 6.00. The number of hydrogen-bond donors (Lipinski definition) is 3. The van der Waals surface area contributed by atoms with Gasteiger partial charge in [0.2, 0.25) is 0 Å². The molecule has 0 spiro atoms. The molecule has 0 aromatic carbocycles. The monoisotopic (exact) mass is 412 g/mol. The van der Waals surface area contributed by atoms with E-state index in [0.29, 0.717) is 0 Å². The second-order valence-corrected chi connectivity index (χ2v) is 9.29. The van der Waals surface area contributed by atoms with Gasteiger partial charge in [-0.3, -0.25) is 10.6 Å². The largest absolute Gasteiger partial charge is 0.363 e. The molecule has 3 heteroatoms.